The Morgan fingerprint density at radius 1 is 1.35 bits per heavy atom. The van der Waals surface area contributed by atoms with Crippen molar-refractivity contribution in [3.8, 4) is 0 Å². The van der Waals surface area contributed by atoms with Crippen LogP contribution in [0, 0.1) is 0 Å². The zero-order valence-corrected chi connectivity index (χ0v) is 10.7. The van der Waals surface area contributed by atoms with Crippen molar-refractivity contribution < 1.29 is 4.79 Å². The summed E-state index contributed by atoms with van der Waals surface area (Å²) in [7, 11) is 0. The van der Waals surface area contributed by atoms with E-state index in [4.69, 9.17) is 11.6 Å². The van der Waals surface area contributed by atoms with Crippen molar-refractivity contribution in [1.29, 1.82) is 0 Å². The highest BCUT2D eigenvalue weighted by Crippen LogP contribution is 2.20. The number of nitrogens with zero attached hydrogens (tertiary/aromatic N) is 1. The normalized spacial score (nSPS) is 22.1. The quantitative estimate of drug-likeness (QED) is 0.833. The van der Waals surface area contributed by atoms with Crippen molar-refractivity contribution >= 4 is 23.2 Å². The van der Waals surface area contributed by atoms with Gasteiger partial charge in [0, 0.05) is 29.7 Å². The zero-order chi connectivity index (χ0) is 12.3. The molecule has 1 aromatic rings. The molecule has 3 nitrogen and oxygen atoms in total. The second-order valence-corrected chi connectivity index (χ2v) is 4.87. The van der Waals surface area contributed by atoms with Gasteiger partial charge in [0.15, 0.2) is 0 Å². The van der Waals surface area contributed by atoms with E-state index in [1.54, 1.807) is 0 Å². The van der Waals surface area contributed by atoms with Crippen LogP contribution >= 0.6 is 11.6 Å². The number of carbonyl (C=O) groups is 1. The van der Waals surface area contributed by atoms with Crippen LogP contribution in [0.25, 0.3) is 0 Å². The summed E-state index contributed by atoms with van der Waals surface area (Å²) < 4.78 is 0. The third-order valence-electron chi connectivity index (χ3n) is 2.97. The Morgan fingerprint density at radius 2 is 2.06 bits per heavy atom. The molecule has 0 radical (unpaired) electrons. The van der Waals surface area contributed by atoms with Gasteiger partial charge < -0.3 is 10.2 Å². The second kappa shape index (κ2) is 5.52. The Bertz CT molecular complexity index is 391. The lowest BCUT2D eigenvalue weighted by atomic mass is 10.1. The van der Waals surface area contributed by atoms with Gasteiger partial charge in [0.05, 0.1) is 0 Å². The van der Waals surface area contributed by atoms with E-state index in [1.165, 1.54) is 0 Å². The fourth-order valence-corrected chi connectivity index (χ4v) is 2.17. The standard InChI is InChI=1S/C13H17ClN2O/c1-10-9-13(17)16(8-2-7-15-10)12-5-3-11(14)4-6-12/h3-6,10,15H,2,7-9H2,1H3. The number of rotatable bonds is 1. The molecule has 1 heterocycles. The number of anilines is 1. The highest BCUT2D eigenvalue weighted by molar-refractivity contribution is 6.30. The second-order valence-electron chi connectivity index (χ2n) is 4.43. The molecule has 1 fully saturated rings. The maximum absolute atomic E-state index is 12.1. The number of halogens is 1. The van der Waals surface area contributed by atoms with Crippen LogP contribution in [0.5, 0.6) is 0 Å². The van der Waals surface area contributed by atoms with Crippen molar-refractivity contribution in [3.63, 3.8) is 0 Å². The first-order chi connectivity index (χ1) is 8.16. The van der Waals surface area contributed by atoms with Crippen LogP contribution < -0.4 is 10.2 Å². The number of hydrogen-bond acceptors (Lipinski definition) is 2. The van der Waals surface area contributed by atoms with Gasteiger partial charge in [0.1, 0.15) is 0 Å². The summed E-state index contributed by atoms with van der Waals surface area (Å²) in [6.45, 7) is 3.77. The van der Waals surface area contributed by atoms with Crippen LogP contribution in [0.2, 0.25) is 5.02 Å². The average Bonchev–Trinajstić information content (AvgIpc) is 2.28. The maximum Gasteiger partial charge on any atom is 0.228 e. The van der Waals surface area contributed by atoms with Gasteiger partial charge in [-0.25, -0.2) is 0 Å². The van der Waals surface area contributed by atoms with Crippen molar-refractivity contribution in [2.45, 2.75) is 25.8 Å². The van der Waals surface area contributed by atoms with Gasteiger partial charge in [0.2, 0.25) is 5.91 Å². The Balaban J connectivity index is 2.16. The summed E-state index contributed by atoms with van der Waals surface area (Å²) in [5.74, 6) is 0.173. The molecule has 0 bridgehead atoms. The Kier molecular flexibility index (Phi) is 4.02. The van der Waals surface area contributed by atoms with E-state index in [-0.39, 0.29) is 11.9 Å². The van der Waals surface area contributed by atoms with E-state index in [9.17, 15) is 4.79 Å². The molecule has 1 saturated heterocycles. The minimum absolute atomic E-state index is 0.173. The lowest BCUT2D eigenvalue weighted by Gasteiger charge is -2.27. The molecule has 1 N–H and O–H groups in total. The third kappa shape index (κ3) is 3.20. The fourth-order valence-electron chi connectivity index (χ4n) is 2.05. The first-order valence-electron chi connectivity index (χ1n) is 5.96. The van der Waals surface area contributed by atoms with Gasteiger partial charge in [-0.05, 0) is 44.2 Å². The Hall–Kier alpha value is -1.06. The van der Waals surface area contributed by atoms with Crippen LogP contribution in [0.15, 0.2) is 24.3 Å². The average molecular weight is 253 g/mol. The molecule has 17 heavy (non-hydrogen) atoms. The highest BCUT2D eigenvalue weighted by Gasteiger charge is 2.20. The summed E-state index contributed by atoms with van der Waals surface area (Å²) in [6.07, 6.45) is 1.52. The molecule has 0 aliphatic carbocycles. The van der Waals surface area contributed by atoms with Crippen molar-refractivity contribution in [3.05, 3.63) is 29.3 Å². The van der Waals surface area contributed by atoms with E-state index in [0.29, 0.717) is 11.4 Å². The van der Waals surface area contributed by atoms with Crippen molar-refractivity contribution in [1.82, 2.24) is 5.32 Å². The van der Waals surface area contributed by atoms with E-state index < -0.39 is 0 Å². The van der Waals surface area contributed by atoms with Crippen LogP contribution in [0.4, 0.5) is 5.69 Å². The first kappa shape index (κ1) is 12.4. The zero-order valence-electron chi connectivity index (χ0n) is 9.95. The number of nitrogens with one attached hydrogen (secondary N) is 1. The van der Waals surface area contributed by atoms with E-state index in [1.807, 2.05) is 36.1 Å². The molecule has 1 amide bonds. The maximum atomic E-state index is 12.1. The van der Waals surface area contributed by atoms with Crippen LogP contribution in [-0.4, -0.2) is 25.0 Å². The molecular formula is C13H17ClN2O. The van der Waals surface area contributed by atoms with Gasteiger partial charge in [-0.1, -0.05) is 11.6 Å². The number of carbonyl (C=O) groups excluding carboxylic acids is 1. The summed E-state index contributed by atoms with van der Waals surface area (Å²) in [4.78, 5) is 14.0. The molecule has 4 heteroatoms. The molecule has 1 unspecified atom stereocenters. The molecule has 0 saturated carbocycles. The monoisotopic (exact) mass is 252 g/mol. The molecule has 0 aromatic heterocycles. The van der Waals surface area contributed by atoms with Gasteiger partial charge in [0.25, 0.3) is 0 Å². The molecule has 1 aliphatic rings. The molecule has 0 spiro atoms. The van der Waals surface area contributed by atoms with Gasteiger partial charge in [-0.2, -0.15) is 0 Å². The molecule has 2 rings (SSSR count). The summed E-state index contributed by atoms with van der Waals surface area (Å²) >= 11 is 5.86. The van der Waals surface area contributed by atoms with Crippen LogP contribution in [0.1, 0.15) is 19.8 Å². The summed E-state index contributed by atoms with van der Waals surface area (Å²) in [5.41, 5.74) is 0.938. The summed E-state index contributed by atoms with van der Waals surface area (Å²) in [6, 6.07) is 7.70. The Labute approximate surface area is 107 Å². The van der Waals surface area contributed by atoms with Gasteiger partial charge >= 0.3 is 0 Å². The number of benzene rings is 1. The molecule has 92 valence electrons. The predicted octanol–water partition coefficient (Wildman–Crippen LogP) is 2.44. The topological polar surface area (TPSA) is 32.3 Å². The van der Waals surface area contributed by atoms with Crippen molar-refractivity contribution in [2.75, 3.05) is 18.0 Å². The van der Waals surface area contributed by atoms with E-state index in [0.717, 1.165) is 25.2 Å². The number of hydrogen-bond donors (Lipinski definition) is 1. The smallest absolute Gasteiger partial charge is 0.228 e. The van der Waals surface area contributed by atoms with Gasteiger partial charge in [-0.3, -0.25) is 4.79 Å². The van der Waals surface area contributed by atoms with Gasteiger partial charge in [-0.15, -0.1) is 0 Å². The molecular weight excluding hydrogens is 236 g/mol. The first-order valence-corrected chi connectivity index (χ1v) is 6.34. The fraction of sp³-hybridized carbons (Fsp3) is 0.462. The van der Waals surface area contributed by atoms with E-state index >= 15 is 0 Å². The molecule has 1 aliphatic heterocycles. The minimum Gasteiger partial charge on any atom is -0.314 e. The van der Waals surface area contributed by atoms with Crippen LogP contribution in [-0.2, 0) is 4.79 Å². The van der Waals surface area contributed by atoms with Crippen molar-refractivity contribution in [2.24, 2.45) is 0 Å². The van der Waals surface area contributed by atoms with E-state index in [2.05, 4.69) is 5.32 Å². The van der Waals surface area contributed by atoms with Crippen LogP contribution in [0.3, 0.4) is 0 Å². The lowest BCUT2D eigenvalue weighted by Crippen LogP contribution is -2.42. The molecule has 1 aromatic carbocycles. The SMILES string of the molecule is CC1CC(=O)N(c2ccc(Cl)cc2)CCCN1. The lowest BCUT2D eigenvalue weighted by molar-refractivity contribution is -0.119. The third-order valence-corrected chi connectivity index (χ3v) is 3.22. The molecule has 1 atom stereocenters. The minimum atomic E-state index is 0.173. The Morgan fingerprint density at radius 3 is 2.76 bits per heavy atom. The summed E-state index contributed by atoms with van der Waals surface area (Å²) in [5, 5.41) is 4.02. The largest absolute Gasteiger partial charge is 0.314 e. The predicted molar refractivity (Wildman–Crippen MR) is 70.5 cm³/mol. The number of amides is 1. The highest BCUT2D eigenvalue weighted by atomic mass is 35.5.